The molecule has 0 fully saturated rings. The van der Waals surface area contributed by atoms with Gasteiger partial charge in [0, 0.05) is 31.2 Å². The van der Waals surface area contributed by atoms with E-state index < -0.39 is 11.8 Å². The summed E-state index contributed by atoms with van der Waals surface area (Å²) in [6.07, 6.45) is 1.74. The van der Waals surface area contributed by atoms with E-state index in [9.17, 15) is 0 Å². The van der Waals surface area contributed by atoms with E-state index in [-0.39, 0.29) is 0 Å². The van der Waals surface area contributed by atoms with E-state index in [0.29, 0.717) is 17.0 Å². The van der Waals surface area contributed by atoms with E-state index >= 15 is 0 Å². The highest BCUT2D eigenvalue weighted by molar-refractivity contribution is 6.08. The molecule has 30 heavy (non-hydrogen) atoms. The third-order valence-electron chi connectivity index (χ3n) is 5.57. The van der Waals surface area contributed by atoms with Crippen molar-refractivity contribution in [3.63, 3.8) is 0 Å². The molecule has 148 valence electrons. The van der Waals surface area contributed by atoms with Gasteiger partial charge in [-0.15, -0.1) is 0 Å². The van der Waals surface area contributed by atoms with Gasteiger partial charge >= 0.3 is 0 Å². The lowest BCUT2D eigenvalue weighted by Gasteiger charge is -2.10. The van der Waals surface area contributed by atoms with Crippen molar-refractivity contribution in [2.45, 2.75) is 32.6 Å². The second-order valence-electron chi connectivity index (χ2n) is 7.75. The Kier molecular flexibility index (Phi) is 4.04. The minimum atomic E-state index is -0.993. The van der Waals surface area contributed by atoms with Crippen molar-refractivity contribution in [1.29, 1.82) is 0 Å². The van der Waals surface area contributed by atoms with Crippen LogP contribution in [-0.2, 0) is 0 Å². The van der Waals surface area contributed by atoms with Crippen LogP contribution in [0.15, 0.2) is 83.4 Å². The van der Waals surface area contributed by atoms with Gasteiger partial charge in [0.15, 0.2) is 0 Å². The second-order valence-corrected chi connectivity index (χ2v) is 7.75. The minimum absolute atomic E-state index is 0.510. The maximum Gasteiger partial charge on any atom is 0.227 e. The number of pyridine rings is 2. The van der Waals surface area contributed by atoms with Crippen LogP contribution in [0, 0.1) is 0 Å². The molecule has 3 heterocycles. The first kappa shape index (κ1) is 16.3. The highest BCUT2D eigenvalue weighted by Gasteiger charge is 2.17. The van der Waals surface area contributed by atoms with Gasteiger partial charge in [-0.2, -0.15) is 0 Å². The predicted molar refractivity (Wildman–Crippen MR) is 123 cm³/mol. The van der Waals surface area contributed by atoms with E-state index in [1.807, 2.05) is 93.6 Å². The van der Waals surface area contributed by atoms with Crippen molar-refractivity contribution in [2.75, 3.05) is 0 Å². The van der Waals surface area contributed by atoms with E-state index in [4.69, 9.17) is 12.1 Å². The van der Waals surface area contributed by atoms with E-state index in [1.54, 1.807) is 6.20 Å². The molecule has 0 aliphatic rings. The number of hydrogen-bond donors (Lipinski definition) is 0. The van der Waals surface area contributed by atoms with Crippen LogP contribution in [0.1, 0.15) is 52.1 Å². The fourth-order valence-corrected chi connectivity index (χ4v) is 3.81. The van der Waals surface area contributed by atoms with Crippen molar-refractivity contribution in [3.8, 4) is 11.3 Å². The zero-order valence-corrected chi connectivity index (χ0v) is 17.3. The molecule has 0 saturated heterocycles. The molecule has 0 N–H and O–H groups in total. The topological polar surface area (TPSA) is 38.9 Å². The van der Waals surface area contributed by atoms with E-state index in [1.165, 1.54) is 0 Å². The highest BCUT2D eigenvalue weighted by Crippen LogP contribution is 2.36. The number of rotatable bonds is 4. The fraction of sp³-hybridized carbons (Fsp3) is 0.185. The van der Waals surface area contributed by atoms with Crippen molar-refractivity contribution < 1.29 is 7.16 Å². The second kappa shape index (κ2) is 7.42. The Morgan fingerprint density at radius 2 is 1.67 bits per heavy atom. The fourth-order valence-electron chi connectivity index (χ4n) is 3.81. The zero-order valence-electron chi connectivity index (χ0n) is 19.3. The molecule has 2 aromatic carbocycles. The van der Waals surface area contributed by atoms with Crippen LogP contribution in [0.2, 0.25) is 0 Å². The van der Waals surface area contributed by atoms with Crippen LogP contribution >= 0.6 is 0 Å². The molecule has 1 unspecified atom stereocenters. The first-order valence-corrected chi connectivity index (χ1v) is 10.1. The van der Waals surface area contributed by atoms with Gasteiger partial charge in [0.1, 0.15) is 5.58 Å². The standard InChI is InChI=1S/C27H24N2O/c1-17(2)20-14-15-28-25(16-20)23-11-7-10-21-22-12-13-24(29-27(22)30-26(21)23)18(3)19-8-5-4-6-9-19/h4-18H,1-3H3/i17D,18D. The third kappa shape index (κ3) is 3.17. The Bertz CT molecular complexity index is 1430. The number of furan rings is 1. The van der Waals surface area contributed by atoms with Gasteiger partial charge in [0.25, 0.3) is 0 Å². The quantitative estimate of drug-likeness (QED) is 0.320. The summed E-state index contributed by atoms with van der Waals surface area (Å²) in [7, 11) is 0. The van der Waals surface area contributed by atoms with Crippen LogP contribution in [0.4, 0.5) is 0 Å². The van der Waals surface area contributed by atoms with Gasteiger partial charge < -0.3 is 4.42 Å². The Labute approximate surface area is 179 Å². The van der Waals surface area contributed by atoms with Gasteiger partial charge in [-0.3, -0.25) is 4.98 Å². The van der Waals surface area contributed by atoms with Gasteiger partial charge in [-0.1, -0.05) is 63.2 Å². The molecule has 0 aliphatic heterocycles. The number of hydrogen-bond acceptors (Lipinski definition) is 3. The molecule has 0 amide bonds. The van der Waals surface area contributed by atoms with Crippen LogP contribution in [0.5, 0.6) is 0 Å². The molecule has 0 spiro atoms. The number of fused-ring (bicyclic) bond motifs is 3. The molecule has 0 saturated carbocycles. The number of para-hydroxylation sites is 1. The van der Waals surface area contributed by atoms with E-state index in [2.05, 4.69) is 4.98 Å². The van der Waals surface area contributed by atoms with E-state index in [0.717, 1.165) is 33.2 Å². The average Bonchev–Trinajstić information content (AvgIpc) is 3.17. The van der Waals surface area contributed by atoms with Gasteiger partial charge in [0.05, 0.1) is 11.4 Å². The Hall–Kier alpha value is -3.46. The molecular formula is C27H24N2O. The molecular weight excluding hydrogens is 368 g/mol. The average molecular weight is 395 g/mol. The smallest absolute Gasteiger partial charge is 0.227 e. The molecule has 1 atom stereocenters. The largest absolute Gasteiger partial charge is 0.437 e. The van der Waals surface area contributed by atoms with Crippen molar-refractivity contribution in [1.82, 2.24) is 9.97 Å². The lowest BCUT2D eigenvalue weighted by atomic mass is 9.97. The summed E-state index contributed by atoms with van der Waals surface area (Å²) in [4.78, 5) is 9.29. The Morgan fingerprint density at radius 3 is 2.47 bits per heavy atom. The molecule has 0 radical (unpaired) electrons. The van der Waals surface area contributed by atoms with Crippen LogP contribution in [0.3, 0.4) is 0 Å². The van der Waals surface area contributed by atoms with Gasteiger partial charge in [-0.25, -0.2) is 4.98 Å². The van der Waals surface area contributed by atoms with Gasteiger partial charge in [0.2, 0.25) is 5.71 Å². The molecule has 3 nitrogen and oxygen atoms in total. The maximum atomic E-state index is 8.94. The third-order valence-corrected chi connectivity index (χ3v) is 5.57. The number of aromatic nitrogens is 2. The summed E-state index contributed by atoms with van der Waals surface area (Å²) in [6.45, 7) is 5.58. The van der Waals surface area contributed by atoms with Crippen molar-refractivity contribution in [3.05, 3.63) is 95.8 Å². The molecule has 3 heteroatoms. The maximum absolute atomic E-state index is 8.94. The molecule has 3 aromatic heterocycles. The first-order valence-electron chi connectivity index (χ1n) is 11.1. The van der Waals surface area contributed by atoms with Crippen LogP contribution in [-0.4, -0.2) is 9.97 Å². The lowest BCUT2D eigenvalue weighted by Crippen LogP contribution is -1.98. The van der Waals surface area contributed by atoms with Crippen molar-refractivity contribution in [2.24, 2.45) is 0 Å². The highest BCUT2D eigenvalue weighted by atomic mass is 16.3. The number of nitrogens with zero attached hydrogens (tertiary/aromatic N) is 2. The lowest BCUT2D eigenvalue weighted by molar-refractivity contribution is 0.650. The summed E-state index contributed by atoms with van der Waals surface area (Å²) in [6, 6.07) is 23.4. The zero-order chi connectivity index (χ0) is 22.5. The minimum Gasteiger partial charge on any atom is -0.437 e. The van der Waals surface area contributed by atoms with Crippen LogP contribution in [0.25, 0.3) is 33.3 Å². The monoisotopic (exact) mass is 394 g/mol. The SMILES string of the molecule is [2H]C(C)(C)c1ccnc(-c2cccc3c2oc2nc(C([2H])(C)c4ccccc4)ccc23)c1. The summed E-state index contributed by atoms with van der Waals surface area (Å²) in [5, 5.41) is 1.87. The molecule has 0 aliphatic carbocycles. The number of benzene rings is 2. The van der Waals surface area contributed by atoms with Crippen molar-refractivity contribution >= 4 is 22.1 Å². The summed E-state index contributed by atoms with van der Waals surface area (Å²) >= 11 is 0. The first-order chi connectivity index (χ1) is 15.2. The summed E-state index contributed by atoms with van der Waals surface area (Å²) in [5.41, 5.74) is 5.26. The Morgan fingerprint density at radius 1 is 0.833 bits per heavy atom. The molecule has 5 rings (SSSR count). The Balaban J connectivity index is 1.67. The predicted octanol–water partition coefficient (Wildman–Crippen LogP) is 7.32. The van der Waals surface area contributed by atoms with Gasteiger partial charge in [-0.05, 0) is 47.4 Å². The summed E-state index contributed by atoms with van der Waals surface area (Å²) < 4.78 is 23.6. The normalized spacial score (nSPS) is 15.0. The molecule has 5 aromatic rings. The molecule has 0 bridgehead atoms. The van der Waals surface area contributed by atoms with Crippen LogP contribution < -0.4 is 0 Å². The summed E-state index contributed by atoms with van der Waals surface area (Å²) in [5.74, 6) is -1.71.